The van der Waals surface area contributed by atoms with Crippen molar-refractivity contribution in [3.05, 3.63) is 0 Å². The largest absolute Gasteiger partial charge is 0.333 e. The summed E-state index contributed by atoms with van der Waals surface area (Å²) in [5, 5.41) is 1.13. The van der Waals surface area contributed by atoms with Gasteiger partial charge in [-0.05, 0) is 12.8 Å². The van der Waals surface area contributed by atoms with Gasteiger partial charge in [0.15, 0.2) is 0 Å². The summed E-state index contributed by atoms with van der Waals surface area (Å²) in [6.45, 7) is 4.49. The minimum absolute atomic E-state index is 0.269. The minimum Gasteiger partial charge on any atom is -0.333 e. The second kappa shape index (κ2) is 4.04. The lowest BCUT2D eigenvalue weighted by Crippen LogP contribution is -2.33. The molecule has 1 radical (unpaired) electrons. The minimum atomic E-state index is 0.269. The summed E-state index contributed by atoms with van der Waals surface area (Å²) in [5.74, 6) is 0. The standard InChI is InChI=1S/C11H19BNOS/c1-11(12-2)6-4-5-8-9(7-11)15-10(14)13(8)3/h8-9H,4-7H2,1-3H3. The zero-order chi connectivity index (χ0) is 11.1. The van der Waals surface area contributed by atoms with Crippen molar-refractivity contribution in [1.29, 1.82) is 0 Å². The monoisotopic (exact) mass is 224 g/mol. The topological polar surface area (TPSA) is 20.3 Å². The number of hydrogen-bond acceptors (Lipinski definition) is 2. The van der Waals surface area contributed by atoms with Crippen LogP contribution in [0, 0.1) is 0 Å². The Morgan fingerprint density at radius 2 is 2.33 bits per heavy atom. The number of nitrogens with zero attached hydrogens (tertiary/aromatic N) is 1. The number of amides is 1. The fourth-order valence-electron chi connectivity index (χ4n) is 2.77. The van der Waals surface area contributed by atoms with E-state index in [9.17, 15) is 4.79 Å². The van der Waals surface area contributed by atoms with E-state index in [4.69, 9.17) is 0 Å². The summed E-state index contributed by atoms with van der Waals surface area (Å²) in [7, 11) is 4.29. The molecule has 3 unspecified atom stereocenters. The van der Waals surface area contributed by atoms with Gasteiger partial charge in [0.05, 0.1) is 0 Å². The predicted octanol–water partition coefficient (Wildman–Crippen LogP) is 3.03. The van der Waals surface area contributed by atoms with Crippen molar-refractivity contribution in [2.24, 2.45) is 0 Å². The summed E-state index contributed by atoms with van der Waals surface area (Å²) in [4.78, 5) is 13.6. The van der Waals surface area contributed by atoms with Crippen LogP contribution >= 0.6 is 11.8 Å². The van der Waals surface area contributed by atoms with Crippen molar-refractivity contribution < 1.29 is 4.79 Å². The molecule has 0 aromatic rings. The number of carbonyl (C=O) groups excluding carboxylic acids is 1. The number of hydrogen-bond donors (Lipinski definition) is 0. The van der Waals surface area contributed by atoms with Crippen LogP contribution < -0.4 is 0 Å². The van der Waals surface area contributed by atoms with Crippen LogP contribution in [0.25, 0.3) is 0 Å². The van der Waals surface area contributed by atoms with Gasteiger partial charge >= 0.3 is 0 Å². The van der Waals surface area contributed by atoms with E-state index >= 15 is 0 Å². The summed E-state index contributed by atoms with van der Waals surface area (Å²) < 4.78 is 0. The molecule has 15 heavy (non-hydrogen) atoms. The third kappa shape index (κ3) is 2.06. The Morgan fingerprint density at radius 1 is 1.60 bits per heavy atom. The molecular formula is C11H19BNOS. The quantitative estimate of drug-likeness (QED) is 0.638. The molecule has 1 amide bonds. The molecule has 2 rings (SSSR count). The number of rotatable bonds is 1. The molecule has 1 aliphatic heterocycles. The van der Waals surface area contributed by atoms with E-state index in [1.807, 2.05) is 11.9 Å². The summed E-state index contributed by atoms with van der Waals surface area (Å²) >= 11 is 1.56. The Hall–Kier alpha value is -0.115. The Balaban J connectivity index is 2.14. The number of fused-ring (bicyclic) bond motifs is 1. The Kier molecular flexibility index (Phi) is 3.06. The first-order chi connectivity index (χ1) is 7.06. The second-order valence-electron chi connectivity index (χ2n) is 5.14. The van der Waals surface area contributed by atoms with Crippen LogP contribution in [0.4, 0.5) is 4.79 Å². The van der Waals surface area contributed by atoms with Crippen LogP contribution in [0.15, 0.2) is 0 Å². The molecule has 1 heterocycles. The molecular weight excluding hydrogens is 205 g/mol. The third-order valence-corrected chi connectivity index (χ3v) is 5.35. The molecule has 2 nitrogen and oxygen atoms in total. The molecule has 0 aromatic heterocycles. The van der Waals surface area contributed by atoms with Crippen molar-refractivity contribution >= 4 is 24.3 Å². The van der Waals surface area contributed by atoms with Crippen LogP contribution in [0.5, 0.6) is 0 Å². The molecule has 1 aliphatic carbocycles. The van der Waals surface area contributed by atoms with Gasteiger partial charge in [0.1, 0.15) is 7.28 Å². The van der Waals surface area contributed by atoms with Crippen molar-refractivity contribution in [3.63, 3.8) is 0 Å². The second-order valence-corrected chi connectivity index (χ2v) is 6.33. The molecule has 0 spiro atoms. The maximum absolute atomic E-state index is 11.6. The molecule has 83 valence electrons. The van der Waals surface area contributed by atoms with Gasteiger partial charge in [-0.3, -0.25) is 4.79 Å². The van der Waals surface area contributed by atoms with E-state index in [0.29, 0.717) is 16.6 Å². The fourth-order valence-corrected chi connectivity index (χ4v) is 4.27. The molecule has 1 saturated heterocycles. The Labute approximate surface area is 97.4 Å². The first-order valence-electron chi connectivity index (χ1n) is 5.80. The highest BCUT2D eigenvalue weighted by Gasteiger charge is 2.43. The lowest BCUT2D eigenvalue weighted by Gasteiger charge is -2.28. The van der Waals surface area contributed by atoms with Gasteiger partial charge in [-0.1, -0.05) is 43.7 Å². The zero-order valence-electron chi connectivity index (χ0n) is 9.82. The van der Waals surface area contributed by atoms with Gasteiger partial charge in [0.2, 0.25) is 0 Å². The van der Waals surface area contributed by atoms with Crippen LogP contribution in [0.2, 0.25) is 12.1 Å². The molecule has 3 atom stereocenters. The van der Waals surface area contributed by atoms with E-state index in [0.717, 1.165) is 6.42 Å². The van der Waals surface area contributed by atoms with Crippen molar-refractivity contribution in [2.75, 3.05) is 7.05 Å². The number of carbonyl (C=O) groups is 1. The first-order valence-corrected chi connectivity index (χ1v) is 6.68. The van der Waals surface area contributed by atoms with Crippen LogP contribution in [0.1, 0.15) is 32.6 Å². The molecule has 2 fully saturated rings. The van der Waals surface area contributed by atoms with E-state index in [1.165, 1.54) is 19.3 Å². The summed E-state index contributed by atoms with van der Waals surface area (Å²) in [6, 6.07) is 0.490. The highest BCUT2D eigenvalue weighted by molar-refractivity contribution is 8.14. The Morgan fingerprint density at radius 3 is 3.00 bits per heavy atom. The smallest absolute Gasteiger partial charge is 0.282 e. The normalized spacial score (nSPS) is 41.3. The van der Waals surface area contributed by atoms with Crippen molar-refractivity contribution in [3.8, 4) is 0 Å². The maximum atomic E-state index is 11.6. The molecule has 1 saturated carbocycles. The molecule has 0 N–H and O–H groups in total. The Bertz CT molecular complexity index is 273. The van der Waals surface area contributed by atoms with Gasteiger partial charge in [-0.15, -0.1) is 0 Å². The van der Waals surface area contributed by atoms with Gasteiger partial charge in [0, 0.05) is 18.3 Å². The van der Waals surface area contributed by atoms with Crippen molar-refractivity contribution in [1.82, 2.24) is 4.90 Å². The van der Waals surface area contributed by atoms with Crippen LogP contribution in [-0.2, 0) is 0 Å². The average Bonchev–Trinajstić information content (AvgIpc) is 2.39. The van der Waals surface area contributed by atoms with Crippen LogP contribution in [0.3, 0.4) is 0 Å². The molecule has 4 heteroatoms. The van der Waals surface area contributed by atoms with Gasteiger partial charge in [-0.2, -0.15) is 0 Å². The lowest BCUT2D eigenvalue weighted by molar-refractivity contribution is 0.218. The van der Waals surface area contributed by atoms with Gasteiger partial charge < -0.3 is 4.90 Å². The van der Waals surface area contributed by atoms with E-state index in [-0.39, 0.29) is 5.24 Å². The maximum Gasteiger partial charge on any atom is 0.282 e. The molecule has 0 aromatic carbocycles. The number of thioether (sulfide) groups is 1. The lowest BCUT2D eigenvalue weighted by atomic mass is 9.52. The highest BCUT2D eigenvalue weighted by atomic mass is 32.2. The average molecular weight is 224 g/mol. The zero-order valence-corrected chi connectivity index (χ0v) is 10.6. The summed E-state index contributed by atoms with van der Waals surface area (Å²) in [5.41, 5.74) is 0. The fraction of sp³-hybridized carbons (Fsp3) is 0.909. The SMILES string of the molecule is C[B]C1(C)CCCC2C(C1)SC(=O)N2C. The van der Waals surface area contributed by atoms with Gasteiger partial charge in [0.25, 0.3) is 5.24 Å². The van der Waals surface area contributed by atoms with E-state index in [2.05, 4.69) is 21.0 Å². The van der Waals surface area contributed by atoms with Crippen LogP contribution in [-0.4, -0.2) is 35.8 Å². The first kappa shape index (κ1) is 11.4. The molecule has 0 bridgehead atoms. The van der Waals surface area contributed by atoms with E-state index < -0.39 is 0 Å². The predicted molar refractivity (Wildman–Crippen MR) is 66.8 cm³/mol. The van der Waals surface area contributed by atoms with Gasteiger partial charge in [-0.25, -0.2) is 0 Å². The summed E-state index contributed by atoms with van der Waals surface area (Å²) in [6.07, 6.45) is 4.87. The van der Waals surface area contributed by atoms with E-state index in [1.54, 1.807) is 11.8 Å². The highest BCUT2D eigenvalue weighted by Crippen LogP contribution is 2.48. The molecule has 2 aliphatic rings. The van der Waals surface area contributed by atoms with Crippen molar-refractivity contribution in [2.45, 2.75) is 56.0 Å². The third-order valence-electron chi connectivity index (χ3n) is 4.08.